The number of nitrogens with zero attached hydrogens (tertiary/aromatic N) is 1. The Kier molecular flexibility index (Phi) is 6.07. The quantitative estimate of drug-likeness (QED) is 0.455. The fourth-order valence-electron chi connectivity index (χ4n) is 8.57. The molecule has 3 heteroatoms. The van der Waals surface area contributed by atoms with Crippen molar-refractivity contribution in [3.8, 4) is 5.75 Å². The monoisotopic (exact) mass is 427 g/mol. The molecule has 0 heterocycles. The van der Waals surface area contributed by atoms with Crippen LogP contribution in [0.2, 0.25) is 18.6 Å². The van der Waals surface area contributed by atoms with Crippen molar-refractivity contribution in [2.45, 2.75) is 96.8 Å². The summed E-state index contributed by atoms with van der Waals surface area (Å²) in [5, 5.41) is 0. The van der Waals surface area contributed by atoms with Crippen molar-refractivity contribution in [3.63, 3.8) is 0 Å². The number of ether oxygens (including phenoxy) is 1. The summed E-state index contributed by atoms with van der Waals surface area (Å²) in [6.07, 6.45) is 10.5. The summed E-state index contributed by atoms with van der Waals surface area (Å²) in [5.41, 5.74) is 2.41. The molecule has 0 amide bonds. The highest BCUT2D eigenvalue weighted by Gasteiger charge is 2.56. The van der Waals surface area contributed by atoms with Crippen molar-refractivity contribution in [3.05, 3.63) is 24.3 Å². The maximum atomic E-state index is 5.45. The first-order chi connectivity index (χ1) is 14.1. The first-order valence-electron chi connectivity index (χ1n) is 12.6. The maximum Gasteiger partial charge on any atom is 0.154 e. The van der Waals surface area contributed by atoms with Crippen LogP contribution in [0, 0.1) is 29.6 Å². The Morgan fingerprint density at radius 1 is 0.900 bits per heavy atom. The van der Waals surface area contributed by atoms with E-state index in [1.807, 2.05) is 0 Å². The van der Waals surface area contributed by atoms with Gasteiger partial charge in [0.2, 0.25) is 0 Å². The summed E-state index contributed by atoms with van der Waals surface area (Å²) in [5.74, 6) is 5.88. The van der Waals surface area contributed by atoms with Gasteiger partial charge in [0.25, 0.3) is 0 Å². The van der Waals surface area contributed by atoms with Crippen molar-refractivity contribution in [1.29, 1.82) is 0 Å². The zero-order chi connectivity index (χ0) is 21.7. The van der Waals surface area contributed by atoms with E-state index in [2.05, 4.69) is 69.6 Å². The van der Waals surface area contributed by atoms with Crippen molar-refractivity contribution in [1.82, 2.24) is 0 Å². The van der Waals surface area contributed by atoms with Crippen LogP contribution in [0.25, 0.3) is 0 Å². The van der Waals surface area contributed by atoms with Gasteiger partial charge in [-0.05, 0) is 106 Å². The molecule has 30 heavy (non-hydrogen) atoms. The molecule has 3 aliphatic carbocycles. The number of rotatable bonds is 4. The van der Waals surface area contributed by atoms with Crippen LogP contribution in [0.15, 0.2) is 24.3 Å². The van der Waals surface area contributed by atoms with Gasteiger partial charge in [0.1, 0.15) is 5.75 Å². The van der Waals surface area contributed by atoms with Gasteiger partial charge < -0.3 is 9.30 Å². The average Bonchev–Trinajstić information content (AvgIpc) is 3.04. The molecular weight excluding hydrogens is 382 g/mol. The van der Waals surface area contributed by atoms with E-state index in [0.29, 0.717) is 0 Å². The van der Waals surface area contributed by atoms with Crippen LogP contribution in [-0.4, -0.2) is 20.9 Å². The number of hydrogen-bond acceptors (Lipinski definition) is 2. The van der Waals surface area contributed by atoms with Gasteiger partial charge in [0.05, 0.1) is 7.11 Å². The third-order valence-electron chi connectivity index (χ3n) is 9.05. The molecule has 6 atom stereocenters. The lowest BCUT2D eigenvalue weighted by Gasteiger charge is -2.54. The second kappa shape index (κ2) is 8.19. The highest BCUT2D eigenvalue weighted by atomic mass is 28.3. The van der Waals surface area contributed by atoms with Gasteiger partial charge in [-0.1, -0.05) is 39.3 Å². The van der Waals surface area contributed by atoms with Crippen molar-refractivity contribution < 1.29 is 4.74 Å². The molecule has 1 aromatic rings. The molecule has 0 saturated heterocycles. The molecule has 4 rings (SSSR count). The number of fused-ring (bicyclic) bond motifs is 3. The minimum Gasteiger partial charge on any atom is -0.497 e. The number of anilines is 1. The lowest BCUT2D eigenvalue weighted by molar-refractivity contribution is 0.0720. The van der Waals surface area contributed by atoms with E-state index in [4.69, 9.17) is 4.74 Å². The standard InChI is InChI=1S/C27H45NOSi/c1-19-18-25-23-11-9-8-10-20(23)12-17-24(25)26(19)30(6,7)28(27(2,3)4)21-13-15-22(29-5)16-14-21/h13-16,19-20,23-26H,8-12,17-18H2,1-7H3. The van der Waals surface area contributed by atoms with E-state index >= 15 is 0 Å². The van der Waals surface area contributed by atoms with Crippen LogP contribution in [0.5, 0.6) is 5.75 Å². The van der Waals surface area contributed by atoms with Gasteiger partial charge >= 0.3 is 0 Å². The lowest BCUT2D eigenvalue weighted by Crippen LogP contribution is -2.62. The predicted molar refractivity (Wildman–Crippen MR) is 132 cm³/mol. The molecule has 0 bridgehead atoms. The van der Waals surface area contributed by atoms with E-state index in [1.54, 1.807) is 7.11 Å². The van der Waals surface area contributed by atoms with Gasteiger partial charge in [0.15, 0.2) is 8.24 Å². The fraction of sp³-hybridized carbons (Fsp3) is 0.778. The minimum atomic E-state index is -1.74. The molecular formula is C27H45NOSi. The summed E-state index contributed by atoms with van der Waals surface area (Å²) in [6, 6.07) is 8.89. The highest BCUT2D eigenvalue weighted by molar-refractivity contribution is 6.82. The summed E-state index contributed by atoms with van der Waals surface area (Å²) >= 11 is 0. The van der Waals surface area contributed by atoms with E-state index in [1.165, 1.54) is 50.6 Å². The summed E-state index contributed by atoms with van der Waals surface area (Å²) in [4.78, 5) is 0. The molecule has 3 saturated carbocycles. The normalized spacial score (nSPS) is 34.2. The zero-order valence-electron chi connectivity index (χ0n) is 20.6. The van der Waals surface area contributed by atoms with E-state index < -0.39 is 8.24 Å². The van der Waals surface area contributed by atoms with Gasteiger partial charge in [-0.25, -0.2) is 0 Å². The Balaban J connectivity index is 1.67. The van der Waals surface area contributed by atoms with Crippen LogP contribution in [0.4, 0.5) is 5.69 Å². The maximum absolute atomic E-state index is 5.45. The molecule has 3 fully saturated rings. The Hall–Kier alpha value is -0.963. The number of methoxy groups -OCH3 is 1. The van der Waals surface area contributed by atoms with Gasteiger partial charge in [-0.15, -0.1) is 0 Å². The van der Waals surface area contributed by atoms with Crippen LogP contribution in [0.3, 0.4) is 0 Å². The molecule has 0 N–H and O–H groups in total. The second-order valence-electron chi connectivity index (χ2n) is 12.2. The molecule has 0 spiro atoms. The largest absolute Gasteiger partial charge is 0.497 e. The Morgan fingerprint density at radius 3 is 2.20 bits per heavy atom. The second-order valence-corrected chi connectivity index (χ2v) is 16.6. The lowest BCUT2D eigenvalue weighted by atomic mass is 9.62. The van der Waals surface area contributed by atoms with Crippen molar-refractivity contribution in [2.75, 3.05) is 11.7 Å². The third kappa shape index (κ3) is 3.85. The van der Waals surface area contributed by atoms with Gasteiger partial charge in [-0.2, -0.15) is 0 Å². The fourth-order valence-corrected chi connectivity index (χ4v) is 14.4. The number of benzene rings is 1. The Morgan fingerprint density at radius 2 is 1.57 bits per heavy atom. The summed E-state index contributed by atoms with van der Waals surface area (Å²) in [7, 11) is 0.0222. The molecule has 2 nitrogen and oxygen atoms in total. The molecule has 0 radical (unpaired) electrons. The third-order valence-corrected chi connectivity index (χ3v) is 13.8. The van der Waals surface area contributed by atoms with E-state index in [0.717, 1.165) is 40.9 Å². The highest BCUT2D eigenvalue weighted by Crippen LogP contribution is 2.62. The average molecular weight is 428 g/mol. The molecule has 168 valence electrons. The van der Waals surface area contributed by atoms with Crippen LogP contribution in [-0.2, 0) is 0 Å². The van der Waals surface area contributed by atoms with Crippen molar-refractivity contribution in [2.24, 2.45) is 29.6 Å². The predicted octanol–water partition coefficient (Wildman–Crippen LogP) is 7.75. The van der Waals surface area contributed by atoms with Gasteiger partial charge in [-0.3, -0.25) is 0 Å². The molecule has 3 aliphatic rings. The molecule has 0 aliphatic heterocycles. The van der Waals surface area contributed by atoms with Crippen LogP contribution in [0.1, 0.15) is 72.6 Å². The van der Waals surface area contributed by atoms with Crippen LogP contribution >= 0.6 is 0 Å². The minimum absolute atomic E-state index is 0.129. The zero-order valence-corrected chi connectivity index (χ0v) is 21.6. The topological polar surface area (TPSA) is 12.5 Å². The Labute approximate surface area is 186 Å². The molecule has 0 aromatic heterocycles. The van der Waals surface area contributed by atoms with E-state index in [9.17, 15) is 0 Å². The van der Waals surface area contributed by atoms with Crippen molar-refractivity contribution >= 4 is 13.9 Å². The van der Waals surface area contributed by atoms with Crippen LogP contribution < -0.4 is 9.30 Å². The Bertz CT molecular complexity index is 721. The molecule has 6 unspecified atom stereocenters. The van der Waals surface area contributed by atoms with E-state index in [-0.39, 0.29) is 5.54 Å². The first-order valence-corrected chi connectivity index (χ1v) is 15.6. The van der Waals surface area contributed by atoms with Gasteiger partial charge in [0, 0.05) is 11.2 Å². The summed E-state index contributed by atoms with van der Waals surface area (Å²) in [6.45, 7) is 15.2. The molecule has 1 aromatic carbocycles. The SMILES string of the molecule is COc1ccc(N(C(C)(C)C)[Si](C)(C)C2C(C)CC3C4CCCCC4CCC32)cc1. The first kappa shape index (κ1) is 22.2. The number of hydrogen-bond donors (Lipinski definition) is 0. The summed E-state index contributed by atoms with van der Waals surface area (Å²) < 4.78 is 8.32. The smallest absolute Gasteiger partial charge is 0.154 e.